The lowest BCUT2D eigenvalue weighted by atomic mass is 9.97. The van der Waals surface area contributed by atoms with Gasteiger partial charge in [-0.1, -0.05) is 13.8 Å². The quantitative estimate of drug-likeness (QED) is 0.823. The molecule has 17 heavy (non-hydrogen) atoms. The minimum Gasteiger partial charge on any atom is -0.224 e. The van der Waals surface area contributed by atoms with Crippen LogP contribution in [-0.2, 0) is 16.0 Å². The lowest BCUT2D eigenvalue weighted by Gasteiger charge is -2.16. The van der Waals surface area contributed by atoms with Crippen molar-refractivity contribution in [1.29, 1.82) is 0 Å². The van der Waals surface area contributed by atoms with Crippen LogP contribution < -0.4 is 0 Å². The molecule has 0 spiro atoms. The zero-order chi connectivity index (χ0) is 13.4. The molecule has 0 N–H and O–H groups in total. The molecule has 0 aromatic heterocycles. The summed E-state index contributed by atoms with van der Waals surface area (Å²) in [5.74, 6) is -0.395. The summed E-state index contributed by atoms with van der Waals surface area (Å²) >= 11 is 0. The second-order valence-electron chi connectivity index (χ2n) is 4.17. The van der Waals surface area contributed by atoms with Crippen LogP contribution in [0.1, 0.15) is 30.9 Å². The highest BCUT2D eigenvalue weighted by atomic mass is 32.2. The highest BCUT2D eigenvalue weighted by molar-refractivity contribution is 7.90. The van der Waals surface area contributed by atoms with E-state index in [4.69, 9.17) is 0 Å². The Labute approximate surface area is 98.4 Å². The molecule has 0 atom stereocenters. The van der Waals surface area contributed by atoms with E-state index in [1.807, 2.05) is 0 Å². The summed E-state index contributed by atoms with van der Waals surface area (Å²) in [5, 5.41) is 0. The molecule has 0 radical (unpaired) electrons. The number of sulfone groups is 1. The van der Waals surface area contributed by atoms with E-state index < -0.39 is 27.5 Å². The Kier molecular flexibility index (Phi) is 3.57. The van der Waals surface area contributed by atoms with Gasteiger partial charge in [0.05, 0.1) is 10.5 Å². The zero-order valence-electron chi connectivity index (χ0n) is 9.67. The third-order valence-electron chi connectivity index (χ3n) is 2.38. The summed E-state index contributed by atoms with van der Waals surface area (Å²) < 4.78 is 60.6. The van der Waals surface area contributed by atoms with Gasteiger partial charge in [-0.2, -0.15) is 13.2 Å². The van der Waals surface area contributed by atoms with Gasteiger partial charge in [0.2, 0.25) is 0 Å². The van der Waals surface area contributed by atoms with Crippen molar-refractivity contribution in [2.45, 2.75) is 30.8 Å². The molecule has 0 saturated heterocycles. The fourth-order valence-electron chi connectivity index (χ4n) is 1.51. The maximum absolute atomic E-state index is 12.7. The number of rotatable bonds is 2. The number of hydrogen-bond donors (Lipinski definition) is 0. The summed E-state index contributed by atoms with van der Waals surface area (Å²) in [6, 6.07) is 2.92. The van der Waals surface area contributed by atoms with Gasteiger partial charge in [0.15, 0.2) is 9.84 Å². The van der Waals surface area contributed by atoms with Gasteiger partial charge in [0.1, 0.15) is 0 Å². The molecule has 0 bridgehead atoms. The third kappa shape index (κ3) is 3.21. The van der Waals surface area contributed by atoms with E-state index in [0.717, 1.165) is 24.5 Å². The smallest absolute Gasteiger partial charge is 0.224 e. The molecule has 2 nitrogen and oxygen atoms in total. The minimum absolute atomic E-state index is 0.000394. The Hall–Kier alpha value is -1.04. The molecule has 6 heteroatoms. The van der Waals surface area contributed by atoms with Crippen LogP contribution in [0.5, 0.6) is 0 Å². The van der Waals surface area contributed by atoms with Gasteiger partial charge in [-0.3, -0.25) is 0 Å². The standard InChI is InChI=1S/C11H13F3O2S/c1-7(2)9-6-8(17(3,15)16)4-5-10(9)11(12,13)14/h4-7H,1-3H3. The Morgan fingerprint density at radius 3 is 2.06 bits per heavy atom. The number of benzene rings is 1. The van der Waals surface area contributed by atoms with Crippen molar-refractivity contribution in [2.75, 3.05) is 6.26 Å². The molecule has 0 aliphatic rings. The van der Waals surface area contributed by atoms with Crippen LogP contribution in [0.25, 0.3) is 0 Å². The minimum atomic E-state index is -4.46. The third-order valence-corrected chi connectivity index (χ3v) is 3.49. The van der Waals surface area contributed by atoms with E-state index in [9.17, 15) is 21.6 Å². The molecule has 0 aliphatic carbocycles. The summed E-state index contributed by atoms with van der Waals surface area (Å²) in [5.41, 5.74) is -0.777. The van der Waals surface area contributed by atoms with E-state index in [1.165, 1.54) is 0 Å². The van der Waals surface area contributed by atoms with Crippen molar-refractivity contribution in [3.05, 3.63) is 29.3 Å². The van der Waals surface area contributed by atoms with Crippen LogP contribution in [0.2, 0.25) is 0 Å². The van der Waals surface area contributed by atoms with E-state index in [1.54, 1.807) is 13.8 Å². The molecule has 96 valence electrons. The van der Waals surface area contributed by atoms with Gasteiger partial charge < -0.3 is 0 Å². The second-order valence-corrected chi connectivity index (χ2v) is 6.19. The monoisotopic (exact) mass is 266 g/mol. The van der Waals surface area contributed by atoms with Crippen molar-refractivity contribution in [2.24, 2.45) is 0 Å². The number of halogens is 3. The van der Waals surface area contributed by atoms with Gasteiger partial charge in [-0.15, -0.1) is 0 Å². The maximum Gasteiger partial charge on any atom is 0.416 e. The van der Waals surface area contributed by atoms with Crippen molar-refractivity contribution in [1.82, 2.24) is 0 Å². The number of hydrogen-bond acceptors (Lipinski definition) is 2. The van der Waals surface area contributed by atoms with Crippen molar-refractivity contribution in [3.8, 4) is 0 Å². The van der Waals surface area contributed by atoms with Gasteiger partial charge in [-0.05, 0) is 29.7 Å². The fourth-order valence-corrected chi connectivity index (χ4v) is 2.16. The average molecular weight is 266 g/mol. The molecule has 0 aliphatic heterocycles. The van der Waals surface area contributed by atoms with Crippen molar-refractivity contribution in [3.63, 3.8) is 0 Å². The number of alkyl halides is 3. The first-order valence-electron chi connectivity index (χ1n) is 4.94. The predicted octanol–water partition coefficient (Wildman–Crippen LogP) is 3.23. The van der Waals surface area contributed by atoms with Gasteiger partial charge in [0.25, 0.3) is 0 Å². The fraction of sp³-hybridized carbons (Fsp3) is 0.455. The molecule has 0 unspecified atom stereocenters. The average Bonchev–Trinajstić information content (AvgIpc) is 2.14. The molecular weight excluding hydrogens is 253 g/mol. The molecule has 0 amide bonds. The topological polar surface area (TPSA) is 34.1 Å². The predicted molar refractivity (Wildman–Crippen MR) is 58.6 cm³/mol. The molecule has 1 rings (SSSR count). The van der Waals surface area contributed by atoms with Gasteiger partial charge in [0, 0.05) is 6.26 Å². The van der Waals surface area contributed by atoms with Crippen molar-refractivity contribution >= 4 is 9.84 Å². The van der Waals surface area contributed by atoms with Crippen LogP contribution in [0.3, 0.4) is 0 Å². The highest BCUT2D eigenvalue weighted by Crippen LogP contribution is 2.36. The van der Waals surface area contributed by atoms with Gasteiger partial charge >= 0.3 is 6.18 Å². The van der Waals surface area contributed by atoms with E-state index >= 15 is 0 Å². The Bertz CT molecular complexity index is 516. The first kappa shape index (κ1) is 14.0. The Morgan fingerprint density at radius 1 is 1.18 bits per heavy atom. The second kappa shape index (κ2) is 4.33. The van der Waals surface area contributed by atoms with Crippen LogP contribution in [0, 0.1) is 0 Å². The summed E-state index contributed by atoms with van der Waals surface area (Å²) in [7, 11) is -3.49. The first-order valence-corrected chi connectivity index (χ1v) is 6.84. The van der Waals surface area contributed by atoms with Crippen LogP contribution in [-0.4, -0.2) is 14.7 Å². The highest BCUT2D eigenvalue weighted by Gasteiger charge is 2.34. The normalized spacial score (nSPS) is 13.1. The summed E-state index contributed by atoms with van der Waals surface area (Å²) in [4.78, 5) is -0.0887. The zero-order valence-corrected chi connectivity index (χ0v) is 10.5. The maximum atomic E-state index is 12.7. The van der Waals surface area contributed by atoms with Crippen molar-refractivity contribution < 1.29 is 21.6 Å². The molecule has 0 fully saturated rings. The SMILES string of the molecule is CC(C)c1cc(S(C)(=O)=O)ccc1C(F)(F)F. The molecule has 0 heterocycles. The molecule has 0 saturated carbocycles. The van der Waals surface area contributed by atoms with Crippen LogP contribution in [0.15, 0.2) is 23.1 Å². The molecular formula is C11H13F3O2S. The van der Waals surface area contributed by atoms with E-state index in [0.29, 0.717) is 0 Å². The van der Waals surface area contributed by atoms with Gasteiger partial charge in [-0.25, -0.2) is 8.42 Å². The first-order chi connectivity index (χ1) is 7.53. The van der Waals surface area contributed by atoms with E-state index in [-0.39, 0.29) is 10.5 Å². The largest absolute Gasteiger partial charge is 0.416 e. The van der Waals surface area contributed by atoms with Crippen LogP contribution in [0.4, 0.5) is 13.2 Å². The lowest BCUT2D eigenvalue weighted by Crippen LogP contribution is -2.11. The van der Waals surface area contributed by atoms with E-state index in [2.05, 4.69) is 0 Å². The summed E-state index contributed by atoms with van der Waals surface area (Å²) in [6.07, 6.45) is -3.49. The van der Waals surface area contributed by atoms with Crippen LogP contribution >= 0.6 is 0 Å². The molecule has 1 aromatic carbocycles. The Balaban J connectivity index is 3.49. The molecule has 1 aromatic rings. The lowest BCUT2D eigenvalue weighted by molar-refractivity contribution is -0.138. The Morgan fingerprint density at radius 2 is 1.71 bits per heavy atom. The summed E-state index contributed by atoms with van der Waals surface area (Å²) in [6.45, 7) is 3.19.